The van der Waals surface area contributed by atoms with Gasteiger partial charge in [-0.05, 0) is 37.6 Å². The minimum atomic E-state index is 0.378. The molecule has 0 aliphatic carbocycles. The van der Waals surface area contributed by atoms with Crippen LogP contribution in [-0.4, -0.2) is 35.3 Å². The van der Waals surface area contributed by atoms with Crippen LogP contribution in [0.5, 0.6) is 5.75 Å². The number of H-pyrrole nitrogens is 1. The van der Waals surface area contributed by atoms with Crippen LogP contribution in [0.1, 0.15) is 29.6 Å². The van der Waals surface area contributed by atoms with Crippen LogP contribution in [0.15, 0.2) is 30.3 Å². The number of methoxy groups -OCH3 is 1. The lowest BCUT2D eigenvalue weighted by atomic mass is 10.0. The second kappa shape index (κ2) is 6.72. The highest BCUT2D eigenvalue weighted by atomic mass is 16.5. The van der Waals surface area contributed by atoms with Gasteiger partial charge in [-0.15, -0.1) is 0 Å². The zero-order chi connectivity index (χ0) is 17.2. The maximum Gasteiger partial charge on any atom is 0.130 e. The number of hydrogen-bond donors (Lipinski definition) is 2. The van der Waals surface area contributed by atoms with E-state index in [4.69, 9.17) is 9.47 Å². The van der Waals surface area contributed by atoms with E-state index in [0.717, 1.165) is 59.3 Å². The molecule has 2 N–H and O–H groups in total. The lowest BCUT2D eigenvalue weighted by Gasteiger charge is -2.11. The summed E-state index contributed by atoms with van der Waals surface area (Å²) in [5.74, 6) is 2.88. The van der Waals surface area contributed by atoms with E-state index < -0.39 is 0 Å². The molecule has 2 aromatic heterocycles. The van der Waals surface area contributed by atoms with Crippen molar-refractivity contribution in [3.63, 3.8) is 0 Å². The molecule has 6 nitrogen and oxygen atoms in total. The number of hydrogen-bond acceptors (Lipinski definition) is 5. The van der Waals surface area contributed by atoms with Crippen LogP contribution in [0.2, 0.25) is 0 Å². The topological polar surface area (TPSA) is 72.1 Å². The third-order valence-electron chi connectivity index (χ3n) is 4.55. The standard InChI is InChI=1S/C19H22N4O2/c1-12-21-18(13-5-6-25-11-13)9-19(22-12)20-10-15-7-14-8-16(24-2)3-4-17(14)23-15/h3-4,7-9,13,23H,5-6,10-11H2,1-2H3,(H,20,21,22)/t13-/m0/s1. The van der Waals surface area contributed by atoms with Crippen molar-refractivity contribution in [2.75, 3.05) is 25.6 Å². The van der Waals surface area contributed by atoms with Gasteiger partial charge in [0.05, 0.1) is 26.0 Å². The molecular weight excluding hydrogens is 316 g/mol. The van der Waals surface area contributed by atoms with E-state index in [0.29, 0.717) is 12.5 Å². The van der Waals surface area contributed by atoms with Gasteiger partial charge in [-0.1, -0.05) is 0 Å². The average molecular weight is 338 g/mol. The number of anilines is 1. The number of aryl methyl sites for hydroxylation is 1. The van der Waals surface area contributed by atoms with Crippen LogP contribution in [0.25, 0.3) is 10.9 Å². The molecule has 6 heteroatoms. The highest BCUT2D eigenvalue weighted by molar-refractivity contribution is 5.82. The van der Waals surface area contributed by atoms with E-state index in [9.17, 15) is 0 Å². The Morgan fingerprint density at radius 3 is 3.00 bits per heavy atom. The highest BCUT2D eigenvalue weighted by Crippen LogP contribution is 2.25. The maximum absolute atomic E-state index is 5.48. The van der Waals surface area contributed by atoms with Gasteiger partial charge in [0.15, 0.2) is 0 Å². The van der Waals surface area contributed by atoms with Gasteiger partial charge in [-0.2, -0.15) is 0 Å². The molecule has 1 fully saturated rings. The van der Waals surface area contributed by atoms with Crippen molar-refractivity contribution in [1.82, 2.24) is 15.0 Å². The number of rotatable bonds is 5. The minimum Gasteiger partial charge on any atom is -0.497 e. The van der Waals surface area contributed by atoms with Crippen molar-refractivity contribution in [3.8, 4) is 5.75 Å². The summed E-state index contributed by atoms with van der Waals surface area (Å²) in [4.78, 5) is 12.5. The molecule has 1 saturated heterocycles. The van der Waals surface area contributed by atoms with Gasteiger partial charge in [0.1, 0.15) is 17.4 Å². The molecule has 0 bridgehead atoms. The fraction of sp³-hybridized carbons (Fsp3) is 0.368. The first-order valence-electron chi connectivity index (χ1n) is 8.54. The quantitative estimate of drug-likeness (QED) is 0.746. The maximum atomic E-state index is 5.48. The molecule has 0 radical (unpaired) electrons. The van der Waals surface area contributed by atoms with E-state index in [1.54, 1.807) is 7.11 Å². The van der Waals surface area contributed by atoms with Crippen LogP contribution in [-0.2, 0) is 11.3 Å². The third kappa shape index (κ3) is 3.44. The Hall–Kier alpha value is -2.60. The normalized spacial score (nSPS) is 17.1. The highest BCUT2D eigenvalue weighted by Gasteiger charge is 2.20. The molecule has 0 saturated carbocycles. The summed E-state index contributed by atoms with van der Waals surface area (Å²) in [6, 6.07) is 10.2. The lowest BCUT2D eigenvalue weighted by Crippen LogP contribution is -2.08. The predicted octanol–water partition coefficient (Wildman–Crippen LogP) is 3.39. The molecule has 4 rings (SSSR count). The molecule has 3 heterocycles. The van der Waals surface area contributed by atoms with Gasteiger partial charge in [0.2, 0.25) is 0 Å². The summed E-state index contributed by atoms with van der Waals surface area (Å²) in [5, 5.41) is 4.54. The molecule has 1 aliphatic heterocycles. The molecule has 0 amide bonds. The van der Waals surface area contributed by atoms with Gasteiger partial charge >= 0.3 is 0 Å². The predicted molar refractivity (Wildman–Crippen MR) is 97.1 cm³/mol. The number of benzene rings is 1. The van der Waals surface area contributed by atoms with Gasteiger partial charge in [-0.3, -0.25) is 0 Å². The van der Waals surface area contributed by atoms with E-state index in [1.807, 2.05) is 31.2 Å². The van der Waals surface area contributed by atoms with E-state index in [-0.39, 0.29) is 0 Å². The van der Waals surface area contributed by atoms with Crippen molar-refractivity contribution in [2.45, 2.75) is 25.8 Å². The Bertz CT molecular complexity index is 884. The van der Waals surface area contributed by atoms with Crippen LogP contribution in [0.4, 0.5) is 5.82 Å². The van der Waals surface area contributed by atoms with E-state index >= 15 is 0 Å². The average Bonchev–Trinajstić information content (AvgIpc) is 3.28. The zero-order valence-corrected chi connectivity index (χ0v) is 14.5. The first-order valence-corrected chi connectivity index (χ1v) is 8.54. The van der Waals surface area contributed by atoms with Crippen LogP contribution < -0.4 is 10.1 Å². The number of nitrogens with one attached hydrogen (secondary N) is 2. The first-order chi connectivity index (χ1) is 12.2. The fourth-order valence-corrected chi connectivity index (χ4v) is 3.24. The molecule has 1 atom stereocenters. The number of nitrogens with zero attached hydrogens (tertiary/aromatic N) is 2. The lowest BCUT2D eigenvalue weighted by molar-refractivity contribution is 0.193. The van der Waals surface area contributed by atoms with Gasteiger partial charge in [-0.25, -0.2) is 9.97 Å². The molecule has 130 valence electrons. The Labute approximate surface area is 146 Å². The van der Waals surface area contributed by atoms with Gasteiger partial charge < -0.3 is 19.8 Å². The van der Waals surface area contributed by atoms with E-state index in [2.05, 4.69) is 26.3 Å². The van der Waals surface area contributed by atoms with Crippen LogP contribution >= 0.6 is 0 Å². The molecular formula is C19H22N4O2. The largest absolute Gasteiger partial charge is 0.497 e. The summed E-state index contributed by atoms with van der Waals surface area (Å²) >= 11 is 0. The van der Waals surface area contributed by atoms with Crippen LogP contribution in [0.3, 0.4) is 0 Å². The van der Waals surface area contributed by atoms with Gasteiger partial charge in [0.25, 0.3) is 0 Å². The number of aromatic amines is 1. The Morgan fingerprint density at radius 2 is 2.20 bits per heavy atom. The SMILES string of the molecule is COc1ccc2[nH]c(CNc3cc([C@H]4CCOC4)nc(C)n3)cc2c1. The van der Waals surface area contributed by atoms with Crippen molar-refractivity contribution in [2.24, 2.45) is 0 Å². The fourth-order valence-electron chi connectivity index (χ4n) is 3.24. The number of aromatic nitrogens is 3. The second-order valence-corrected chi connectivity index (χ2v) is 6.39. The molecule has 25 heavy (non-hydrogen) atoms. The van der Waals surface area contributed by atoms with Gasteiger partial charge in [0, 0.05) is 35.2 Å². The zero-order valence-electron chi connectivity index (χ0n) is 14.5. The second-order valence-electron chi connectivity index (χ2n) is 6.39. The summed E-state index contributed by atoms with van der Waals surface area (Å²) < 4.78 is 10.8. The summed E-state index contributed by atoms with van der Waals surface area (Å²) in [6.07, 6.45) is 1.03. The molecule has 1 aromatic carbocycles. The van der Waals surface area contributed by atoms with Crippen LogP contribution in [0, 0.1) is 6.92 Å². The Morgan fingerprint density at radius 1 is 1.28 bits per heavy atom. The number of fused-ring (bicyclic) bond motifs is 1. The molecule has 3 aromatic rings. The molecule has 0 unspecified atom stereocenters. The molecule has 1 aliphatic rings. The summed E-state index contributed by atoms with van der Waals surface area (Å²) in [7, 11) is 1.68. The summed E-state index contributed by atoms with van der Waals surface area (Å²) in [6.45, 7) is 4.17. The van der Waals surface area contributed by atoms with Crippen molar-refractivity contribution in [3.05, 3.63) is 47.5 Å². The summed E-state index contributed by atoms with van der Waals surface area (Å²) in [5.41, 5.74) is 3.26. The monoisotopic (exact) mass is 338 g/mol. The van der Waals surface area contributed by atoms with Crippen molar-refractivity contribution in [1.29, 1.82) is 0 Å². The Balaban J connectivity index is 1.50. The van der Waals surface area contributed by atoms with E-state index in [1.165, 1.54) is 0 Å². The molecule has 0 spiro atoms. The van der Waals surface area contributed by atoms with Crippen molar-refractivity contribution >= 4 is 16.7 Å². The Kier molecular flexibility index (Phi) is 4.28. The van der Waals surface area contributed by atoms with Crippen molar-refractivity contribution < 1.29 is 9.47 Å². The number of ether oxygens (including phenoxy) is 2. The third-order valence-corrected chi connectivity index (χ3v) is 4.55. The minimum absolute atomic E-state index is 0.378. The first kappa shape index (κ1) is 15.9. The smallest absolute Gasteiger partial charge is 0.130 e.